The Hall–Kier alpha value is -1.62. The molecule has 0 aromatic carbocycles. The number of likely N-dealkylation sites (tertiary alicyclic amines) is 1. The van der Waals surface area contributed by atoms with E-state index in [2.05, 4.69) is 0 Å². The van der Waals surface area contributed by atoms with Crippen LogP contribution in [0.4, 0.5) is 0 Å². The summed E-state index contributed by atoms with van der Waals surface area (Å²) in [6.07, 6.45) is 5.09. The van der Waals surface area contributed by atoms with Crippen LogP contribution in [0, 0.1) is 12.8 Å². The minimum Gasteiger partial charge on any atom is -0.466 e. The summed E-state index contributed by atoms with van der Waals surface area (Å²) in [6, 6.07) is 4.04. The number of aryl methyl sites for hydroxylation is 1. The van der Waals surface area contributed by atoms with Crippen LogP contribution >= 0.6 is 11.3 Å². The molecule has 0 radical (unpaired) electrons. The number of esters is 1. The lowest BCUT2D eigenvalue weighted by Gasteiger charge is -2.30. The molecule has 1 saturated heterocycles. The highest BCUT2D eigenvalue weighted by atomic mass is 32.1. The number of nitrogens with zero attached hydrogens (tertiary/aromatic N) is 1. The normalized spacial score (nSPS) is 19.0. The van der Waals surface area contributed by atoms with Crippen LogP contribution in [0.15, 0.2) is 18.2 Å². The lowest BCUT2D eigenvalue weighted by molar-refractivity contribution is -0.150. The predicted molar refractivity (Wildman–Crippen MR) is 84.0 cm³/mol. The molecule has 2 heterocycles. The molecule has 1 aromatic rings. The maximum Gasteiger partial charge on any atom is 0.310 e. The van der Waals surface area contributed by atoms with Crippen LogP contribution in [-0.4, -0.2) is 36.5 Å². The minimum atomic E-state index is -0.187. The van der Waals surface area contributed by atoms with Crippen LogP contribution < -0.4 is 0 Å². The van der Waals surface area contributed by atoms with E-state index in [9.17, 15) is 9.59 Å². The molecular weight excluding hydrogens is 286 g/mol. The third-order valence-electron chi connectivity index (χ3n) is 3.50. The summed E-state index contributed by atoms with van der Waals surface area (Å²) >= 11 is 1.66. The second-order valence-electron chi connectivity index (χ2n) is 5.16. The van der Waals surface area contributed by atoms with Crippen LogP contribution in [0.2, 0.25) is 0 Å². The van der Waals surface area contributed by atoms with Gasteiger partial charge in [0.25, 0.3) is 0 Å². The van der Waals surface area contributed by atoms with Gasteiger partial charge in [0.15, 0.2) is 0 Å². The van der Waals surface area contributed by atoms with Crippen LogP contribution in [0.25, 0.3) is 6.08 Å². The van der Waals surface area contributed by atoms with E-state index >= 15 is 0 Å². The van der Waals surface area contributed by atoms with Crippen molar-refractivity contribution < 1.29 is 14.3 Å². The molecule has 1 unspecified atom stereocenters. The number of carbonyl (C=O) groups excluding carboxylic acids is 2. The highest BCUT2D eigenvalue weighted by Crippen LogP contribution is 2.20. The molecule has 2 rings (SSSR count). The van der Waals surface area contributed by atoms with E-state index < -0.39 is 0 Å². The van der Waals surface area contributed by atoms with Crippen molar-refractivity contribution in [3.8, 4) is 0 Å². The van der Waals surface area contributed by atoms with Crippen molar-refractivity contribution in [2.45, 2.75) is 26.7 Å². The van der Waals surface area contributed by atoms with E-state index in [1.165, 1.54) is 4.88 Å². The fourth-order valence-corrected chi connectivity index (χ4v) is 3.21. The number of hydrogen-bond acceptors (Lipinski definition) is 4. The van der Waals surface area contributed by atoms with E-state index in [1.54, 1.807) is 29.2 Å². The Morgan fingerprint density at radius 2 is 2.29 bits per heavy atom. The standard InChI is InChI=1S/C16H21NO3S/c1-3-20-16(19)13-5-4-10-17(11-13)15(18)9-8-14-7-6-12(2)21-14/h6-9,13H,3-5,10-11H2,1-2H3. The number of rotatable bonds is 4. The maximum absolute atomic E-state index is 12.2. The number of carbonyl (C=O) groups is 2. The van der Waals surface area contributed by atoms with Crippen molar-refractivity contribution in [2.24, 2.45) is 5.92 Å². The largest absolute Gasteiger partial charge is 0.466 e. The second kappa shape index (κ2) is 7.41. The molecule has 1 aliphatic rings. The molecule has 1 aromatic heterocycles. The molecule has 1 amide bonds. The molecule has 114 valence electrons. The van der Waals surface area contributed by atoms with Crippen molar-refractivity contribution in [2.75, 3.05) is 19.7 Å². The number of amides is 1. The van der Waals surface area contributed by atoms with E-state index in [1.807, 2.05) is 25.1 Å². The molecule has 5 heteroatoms. The summed E-state index contributed by atoms with van der Waals surface area (Å²) in [4.78, 5) is 28.0. The van der Waals surface area contributed by atoms with E-state index in [0.717, 1.165) is 17.7 Å². The zero-order valence-electron chi connectivity index (χ0n) is 12.5. The van der Waals surface area contributed by atoms with Crippen molar-refractivity contribution in [1.82, 2.24) is 4.90 Å². The monoisotopic (exact) mass is 307 g/mol. The van der Waals surface area contributed by atoms with Gasteiger partial charge in [0, 0.05) is 28.9 Å². The molecule has 0 N–H and O–H groups in total. The molecule has 0 spiro atoms. The number of hydrogen-bond donors (Lipinski definition) is 0. The summed E-state index contributed by atoms with van der Waals surface area (Å²) in [5.74, 6) is -0.400. The topological polar surface area (TPSA) is 46.6 Å². The molecule has 1 aliphatic heterocycles. The van der Waals surface area contributed by atoms with E-state index in [4.69, 9.17) is 4.74 Å². The third kappa shape index (κ3) is 4.43. The number of thiophene rings is 1. The van der Waals surface area contributed by atoms with Crippen LogP contribution in [0.5, 0.6) is 0 Å². The fraction of sp³-hybridized carbons (Fsp3) is 0.500. The number of piperidine rings is 1. The second-order valence-corrected chi connectivity index (χ2v) is 6.48. The Labute approximate surface area is 129 Å². The predicted octanol–water partition coefficient (Wildman–Crippen LogP) is 2.87. The van der Waals surface area contributed by atoms with Crippen molar-refractivity contribution in [3.05, 3.63) is 28.0 Å². The van der Waals surface area contributed by atoms with Gasteiger partial charge < -0.3 is 9.64 Å². The lowest BCUT2D eigenvalue weighted by atomic mass is 9.98. The molecular formula is C16H21NO3S. The lowest BCUT2D eigenvalue weighted by Crippen LogP contribution is -2.42. The van der Waals surface area contributed by atoms with Gasteiger partial charge in [0.2, 0.25) is 5.91 Å². The summed E-state index contributed by atoms with van der Waals surface area (Å²) in [5, 5.41) is 0. The van der Waals surface area contributed by atoms with E-state index in [-0.39, 0.29) is 17.8 Å². The SMILES string of the molecule is CCOC(=O)C1CCCN(C(=O)C=Cc2ccc(C)s2)C1. The summed E-state index contributed by atoms with van der Waals surface area (Å²) in [5.41, 5.74) is 0. The van der Waals surface area contributed by atoms with Gasteiger partial charge in [0.1, 0.15) is 0 Å². The average molecular weight is 307 g/mol. The zero-order chi connectivity index (χ0) is 15.2. The molecule has 21 heavy (non-hydrogen) atoms. The summed E-state index contributed by atoms with van der Waals surface area (Å²) in [6.45, 7) is 5.41. The zero-order valence-corrected chi connectivity index (χ0v) is 13.3. The average Bonchev–Trinajstić information content (AvgIpc) is 2.91. The van der Waals surface area contributed by atoms with Gasteiger partial charge in [-0.05, 0) is 44.9 Å². The van der Waals surface area contributed by atoms with Gasteiger partial charge >= 0.3 is 5.97 Å². The van der Waals surface area contributed by atoms with Crippen LogP contribution in [0.3, 0.4) is 0 Å². The minimum absolute atomic E-state index is 0.0324. The molecule has 0 bridgehead atoms. The van der Waals surface area contributed by atoms with Gasteiger partial charge in [-0.3, -0.25) is 9.59 Å². The Morgan fingerprint density at radius 3 is 2.95 bits per heavy atom. The highest BCUT2D eigenvalue weighted by Gasteiger charge is 2.28. The Kier molecular flexibility index (Phi) is 5.56. The van der Waals surface area contributed by atoms with Gasteiger partial charge in [-0.15, -0.1) is 11.3 Å². The highest BCUT2D eigenvalue weighted by molar-refractivity contribution is 7.12. The molecule has 4 nitrogen and oxygen atoms in total. The molecule has 0 aliphatic carbocycles. The van der Waals surface area contributed by atoms with E-state index in [0.29, 0.717) is 19.7 Å². The van der Waals surface area contributed by atoms with Gasteiger partial charge in [-0.2, -0.15) is 0 Å². The van der Waals surface area contributed by atoms with Crippen molar-refractivity contribution >= 4 is 29.3 Å². The maximum atomic E-state index is 12.2. The first-order valence-electron chi connectivity index (χ1n) is 7.30. The summed E-state index contributed by atoms with van der Waals surface area (Å²) < 4.78 is 5.05. The Balaban J connectivity index is 1.92. The van der Waals surface area contributed by atoms with Gasteiger partial charge in [0.05, 0.1) is 12.5 Å². The third-order valence-corrected chi connectivity index (χ3v) is 4.47. The first-order valence-corrected chi connectivity index (χ1v) is 8.12. The summed E-state index contributed by atoms with van der Waals surface area (Å²) in [7, 11) is 0. The molecule has 1 atom stereocenters. The first kappa shape index (κ1) is 15.8. The van der Waals surface area contributed by atoms with Crippen molar-refractivity contribution in [1.29, 1.82) is 0 Å². The van der Waals surface area contributed by atoms with Crippen LogP contribution in [-0.2, 0) is 14.3 Å². The Morgan fingerprint density at radius 1 is 1.48 bits per heavy atom. The van der Waals surface area contributed by atoms with Crippen LogP contribution in [0.1, 0.15) is 29.5 Å². The smallest absolute Gasteiger partial charge is 0.310 e. The number of ether oxygens (including phenoxy) is 1. The Bertz CT molecular complexity index is 535. The molecule has 1 fully saturated rings. The first-order chi connectivity index (χ1) is 10.1. The fourth-order valence-electron chi connectivity index (χ4n) is 2.43. The molecule has 0 saturated carbocycles. The van der Waals surface area contributed by atoms with Gasteiger partial charge in [-0.25, -0.2) is 0 Å². The quantitative estimate of drug-likeness (QED) is 0.635. The van der Waals surface area contributed by atoms with Crippen molar-refractivity contribution in [3.63, 3.8) is 0 Å². The van der Waals surface area contributed by atoms with Gasteiger partial charge in [-0.1, -0.05) is 0 Å².